The van der Waals surface area contributed by atoms with Crippen LogP contribution in [0.15, 0.2) is 44.6 Å². The minimum atomic E-state index is -0.330. The van der Waals surface area contributed by atoms with Gasteiger partial charge in [0.05, 0.1) is 15.3 Å². The van der Waals surface area contributed by atoms with Gasteiger partial charge in [-0.3, -0.25) is 10.1 Å². The molecule has 3 aromatic rings. The number of thiophene rings is 1. The molecule has 8 heteroatoms. The summed E-state index contributed by atoms with van der Waals surface area (Å²) in [4.78, 5) is 13.2. The Balaban J connectivity index is 1.66. The molecule has 3 rings (SSSR count). The van der Waals surface area contributed by atoms with Gasteiger partial charge in [-0.05, 0) is 52.7 Å². The van der Waals surface area contributed by atoms with Crippen molar-refractivity contribution < 1.29 is 13.9 Å². The maximum atomic E-state index is 12.3. The lowest BCUT2D eigenvalue weighted by Gasteiger charge is -2.07. The molecule has 1 aromatic carbocycles. The summed E-state index contributed by atoms with van der Waals surface area (Å²) in [6, 6.07) is 10.8. The van der Waals surface area contributed by atoms with Gasteiger partial charge in [0.2, 0.25) is 0 Å². The second kappa shape index (κ2) is 8.26. The number of benzene rings is 1. The molecule has 6 nitrogen and oxygen atoms in total. The quantitative estimate of drug-likeness (QED) is 0.543. The Labute approximate surface area is 157 Å². The second-order valence-corrected chi connectivity index (χ2v) is 7.66. The molecule has 0 atom stereocenters. The number of nitrogens with one attached hydrogen (secondary N) is 1. The van der Waals surface area contributed by atoms with Crippen LogP contribution in [0.1, 0.15) is 30.1 Å². The number of carbonyl (C=O) groups excluding carboxylic acids is 1. The van der Waals surface area contributed by atoms with Gasteiger partial charge >= 0.3 is 6.01 Å². The fourth-order valence-corrected chi connectivity index (χ4v) is 3.34. The summed E-state index contributed by atoms with van der Waals surface area (Å²) in [5.74, 6) is 0.696. The van der Waals surface area contributed by atoms with E-state index < -0.39 is 0 Å². The van der Waals surface area contributed by atoms with Crippen LogP contribution in [-0.4, -0.2) is 22.7 Å². The number of rotatable bonds is 7. The number of anilines is 1. The standard InChI is InChI=1S/C17H16BrN3O3S/c1-2-3-9-23-12-6-4-5-11(10-12)15(22)19-17-21-20-16(24-17)13-7-8-14(18)25-13/h4-8,10H,2-3,9H2,1H3,(H,19,21,22). The summed E-state index contributed by atoms with van der Waals surface area (Å²) < 4.78 is 12.1. The van der Waals surface area contributed by atoms with Gasteiger partial charge in [0.15, 0.2) is 0 Å². The van der Waals surface area contributed by atoms with Crippen molar-refractivity contribution in [3.8, 4) is 16.5 Å². The Morgan fingerprint density at radius 2 is 2.20 bits per heavy atom. The van der Waals surface area contributed by atoms with Crippen LogP contribution < -0.4 is 10.1 Å². The van der Waals surface area contributed by atoms with Crippen LogP contribution in [-0.2, 0) is 0 Å². The monoisotopic (exact) mass is 421 g/mol. The second-order valence-electron chi connectivity index (χ2n) is 5.20. The van der Waals surface area contributed by atoms with Crippen LogP contribution in [0.3, 0.4) is 0 Å². The Hall–Kier alpha value is -2.19. The molecule has 0 aliphatic carbocycles. The highest BCUT2D eigenvalue weighted by molar-refractivity contribution is 9.11. The van der Waals surface area contributed by atoms with Gasteiger partial charge in [0.1, 0.15) is 5.75 Å². The third kappa shape index (κ3) is 4.67. The van der Waals surface area contributed by atoms with Crippen LogP contribution in [0.4, 0.5) is 6.01 Å². The maximum Gasteiger partial charge on any atom is 0.322 e. The van der Waals surface area contributed by atoms with Crippen molar-refractivity contribution in [3.63, 3.8) is 0 Å². The number of hydrogen-bond donors (Lipinski definition) is 1. The molecule has 0 fully saturated rings. The number of aromatic nitrogens is 2. The number of unbranched alkanes of at least 4 members (excludes halogenated alkanes) is 1. The Morgan fingerprint density at radius 1 is 1.32 bits per heavy atom. The third-order valence-electron chi connectivity index (χ3n) is 3.29. The smallest absolute Gasteiger partial charge is 0.322 e. The molecule has 0 aliphatic rings. The van der Waals surface area contributed by atoms with Crippen molar-refractivity contribution in [2.75, 3.05) is 11.9 Å². The molecule has 2 heterocycles. The molecule has 2 aromatic heterocycles. The molecule has 0 bridgehead atoms. The minimum absolute atomic E-state index is 0.0572. The number of carbonyl (C=O) groups is 1. The largest absolute Gasteiger partial charge is 0.494 e. The molecule has 25 heavy (non-hydrogen) atoms. The van der Waals surface area contributed by atoms with E-state index in [2.05, 4.69) is 38.4 Å². The minimum Gasteiger partial charge on any atom is -0.494 e. The summed E-state index contributed by atoms with van der Waals surface area (Å²) in [7, 11) is 0. The van der Waals surface area contributed by atoms with E-state index in [1.807, 2.05) is 18.2 Å². The van der Waals surface area contributed by atoms with Gasteiger partial charge in [-0.2, -0.15) is 0 Å². The highest BCUT2D eigenvalue weighted by atomic mass is 79.9. The summed E-state index contributed by atoms with van der Waals surface area (Å²) in [6.07, 6.45) is 2.03. The maximum absolute atomic E-state index is 12.3. The van der Waals surface area contributed by atoms with Crippen molar-refractivity contribution in [1.29, 1.82) is 0 Å². The fourth-order valence-electron chi connectivity index (χ4n) is 2.03. The van der Waals surface area contributed by atoms with Gasteiger partial charge < -0.3 is 9.15 Å². The number of nitrogens with zero attached hydrogens (tertiary/aromatic N) is 2. The van der Waals surface area contributed by atoms with Crippen LogP contribution in [0.2, 0.25) is 0 Å². The lowest BCUT2D eigenvalue weighted by atomic mass is 10.2. The normalized spacial score (nSPS) is 10.6. The first kappa shape index (κ1) is 17.6. The average molecular weight is 422 g/mol. The first-order valence-corrected chi connectivity index (χ1v) is 9.40. The summed E-state index contributed by atoms with van der Waals surface area (Å²) in [5.41, 5.74) is 0.465. The van der Waals surface area contributed by atoms with Gasteiger partial charge in [0, 0.05) is 5.56 Å². The molecule has 0 saturated carbocycles. The predicted molar refractivity (Wildman–Crippen MR) is 100 cm³/mol. The van der Waals surface area contributed by atoms with Crippen molar-refractivity contribution in [2.24, 2.45) is 0 Å². The summed E-state index contributed by atoms with van der Waals surface area (Å²) in [5, 5.41) is 10.4. The average Bonchev–Trinajstić information content (AvgIpc) is 3.24. The van der Waals surface area contributed by atoms with Crippen LogP contribution in [0.5, 0.6) is 5.75 Å². The first-order chi connectivity index (χ1) is 12.2. The SMILES string of the molecule is CCCCOc1cccc(C(=O)Nc2nnc(-c3ccc(Br)s3)o2)c1. The molecule has 0 aliphatic heterocycles. The molecule has 0 unspecified atom stereocenters. The zero-order chi connectivity index (χ0) is 17.6. The summed E-state index contributed by atoms with van der Waals surface area (Å²) >= 11 is 4.86. The van der Waals surface area contributed by atoms with E-state index in [4.69, 9.17) is 9.15 Å². The Kier molecular flexibility index (Phi) is 5.83. The van der Waals surface area contributed by atoms with Crippen molar-refractivity contribution in [3.05, 3.63) is 45.7 Å². The Morgan fingerprint density at radius 3 is 2.96 bits per heavy atom. The third-order valence-corrected chi connectivity index (χ3v) is 4.90. The van der Waals surface area contributed by atoms with Crippen molar-refractivity contribution >= 4 is 39.2 Å². The van der Waals surface area contributed by atoms with Crippen LogP contribution in [0, 0.1) is 0 Å². The lowest BCUT2D eigenvalue weighted by Crippen LogP contribution is -2.12. The van der Waals surface area contributed by atoms with Crippen molar-refractivity contribution in [2.45, 2.75) is 19.8 Å². The van der Waals surface area contributed by atoms with E-state index in [0.29, 0.717) is 23.8 Å². The van der Waals surface area contributed by atoms with Gasteiger partial charge in [-0.1, -0.05) is 24.5 Å². The van der Waals surface area contributed by atoms with Gasteiger partial charge in [0.25, 0.3) is 11.8 Å². The molecule has 1 amide bonds. The van der Waals surface area contributed by atoms with E-state index in [1.54, 1.807) is 18.2 Å². The zero-order valence-electron chi connectivity index (χ0n) is 13.5. The molecule has 0 spiro atoms. The number of halogens is 1. The molecule has 0 saturated heterocycles. The molecule has 1 N–H and O–H groups in total. The van der Waals surface area contributed by atoms with E-state index in [1.165, 1.54) is 11.3 Å². The topological polar surface area (TPSA) is 77.2 Å². The Bertz CT molecular complexity index is 862. The fraction of sp³-hybridized carbons (Fsp3) is 0.235. The van der Waals surface area contributed by atoms with E-state index >= 15 is 0 Å². The lowest BCUT2D eigenvalue weighted by molar-refractivity contribution is 0.102. The molecular formula is C17H16BrN3O3S. The molecule has 0 radical (unpaired) electrons. The van der Waals surface area contributed by atoms with Crippen LogP contribution in [0.25, 0.3) is 10.8 Å². The van der Waals surface area contributed by atoms with Gasteiger partial charge in [-0.15, -0.1) is 16.4 Å². The van der Waals surface area contributed by atoms with E-state index in [9.17, 15) is 4.79 Å². The van der Waals surface area contributed by atoms with E-state index in [-0.39, 0.29) is 11.9 Å². The zero-order valence-corrected chi connectivity index (χ0v) is 15.9. The predicted octanol–water partition coefficient (Wildman–Crippen LogP) is 4.99. The number of ether oxygens (including phenoxy) is 1. The van der Waals surface area contributed by atoms with Crippen LogP contribution >= 0.6 is 27.3 Å². The first-order valence-electron chi connectivity index (χ1n) is 7.79. The summed E-state index contributed by atoms with van der Waals surface area (Å²) in [6.45, 7) is 2.73. The van der Waals surface area contributed by atoms with Gasteiger partial charge in [-0.25, -0.2) is 0 Å². The highest BCUT2D eigenvalue weighted by Crippen LogP contribution is 2.31. The molecular weight excluding hydrogens is 406 g/mol. The number of amides is 1. The number of hydrogen-bond acceptors (Lipinski definition) is 6. The molecule has 130 valence electrons. The highest BCUT2D eigenvalue weighted by Gasteiger charge is 2.14. The van der Waals surface area contributed by atoms with Crippen molar-refractivity contribution in [1.82, 2.24) is 10.2 Å². The van der Waals surface area contributed by atoms with E-state index in [0.717, 1.165) is 21.5 Å².